The van der Waals surface area contributed by atoms with E-state index in [4.69, 9.17) is 4.11 Å². The molecule has 3 heterocycles. The zero-order chi connectivity index (χ0) is 32.5. The van der Waals surface area contributed by atoms with Crippen LogP contribution < -0.4 is 0 Å². The average Bonchev–Trinajstić information content (AvgIpc) is 3.51. The molecule has 5 heteroatoms. The van der Waals surface area contributed by atoms with Crippen molar-refractivity contribution in [3.8, 4) is 45.0 Å². The van der Waals surface area contributed by atoms with Gasteiger partial charge in [0, 0.05) is 28.9 Å². The van der Waals surface area contributed by atoms with E-state index in [0.29, 0.717) is 5.82 Å². The van der Waals surface area contributed by atoms with Crippen LogP contribution >= 0.6 is 0 Å². The first kappa shape index (κ1) is 27.5. The standard InChI is InChI=1S/C18H13N2.2C11H8N.Ir/c1-12-10-19-18(20-11-12)14-6-7-17-15(9-14)8-13-4-2-3-5-16(13)17;2*1-2-6-10(7-3-1)11-8-4-5-9-12-11;/h2-5,7,9-11H,8H2,1H3;2*1-6,8-9H;/q3*-1;+3/i1D3;;;. The van der Waals surface area contributed by atoms with E-state index in [2.05, 4.69) is 50.3 Å². The molecule has 7 aromatic rings. The normalized spacial score (nSPS) is 11.8. The number of nitrogens with zero attached hydrogens (tertiary/aromatic N) is 4. The van der Waals surface area contributed by atoms with E-state index in [1.54, 1.807) is 12.4 Å². The third-order valence-electron chi connectivity index (χ3n) is 6.92. The number of fused-ring (bicyclic) bond motifs is 3. The molecule has 0 amide bonds. The summed E-state index contributed by atoms with van der Waals surface area (Å²) < 4.78 is 22.1. The monoisotopic (exact) mass is 761 g/mol. The van der Waals surface area contributed by atoms with Gasteiger partial charge in [-0.15, -0.1) is 101 Å². The number of rotatable bonds is 3. The van der Waals surface area contributed by atoms with Gasteiger partial charge in [-0.05, 0) is 47.9 Å². The summed E-state index contributed by atoms with van der Waals surface area (Å²) >= 11 is 0. The molecule has 8 rings (SSSR count). The Hall–Kier alpha value is -5.09. The summed E-state index contributed by atoms with van der Waals surface area (Å²) in [6.07, 6.45) is 7.20. The van der Waals surface area contributed by atoms with Crippen LogP contribution in [0, 0.1) is 25.1 Å². The molecular formula is C40H29IrN4. The van der Waals surface area contributed by atoms with Crippen molar-refractivity contribution in [1.29, 1.82) is 0 Å². The summed E-state index contributed by atoms with van der Waals surface area (Å²) in [4.78, 5) is 16.8. The number of benzene rings is 4. The molecule has 0 fully saturated rings. The molecule has 0 radical (unpaired) electrons. The van der Waals surface area contributed by atoms with Crippen molar-refractivity contribution in [2.75, 3.05) is 0 Å². The fraction of sp³-hybridized carbons (Fsp3) is 0.0500. The van der Waals surface area contributed by atoms with E-state index in [0.717, 1.165) is 34.5 Å². The maximum absolute atomic E-state index is 7.37. The van der Waals surface area contributed by atoms with Gasteiger partial charge in [-0.1, -0.05) is 59.7 Å². The fourth-order valence-corrected chi connectivity index (χ4v) is 4.82. The third kappa shape index (κ3) is 8.10. The van der Waals surface area contributed by atoms with Gasteiger partial charge < -0.3 is 9.97 Å². The van der Waals surface area contributed by atoms with Gasteiger partial charge in [0.05, 0.1) is 5.82 Å². The summed E-state index contributed by atoms with van der Waals surface area (Å²) in [6.45, 7) is -2.18. The molecule has 45 heavy (non-hydrogen) atoms. The van der Waals surface area contributed by atoms with Crippen LogP contribution in [0.25, 0.3) is 45.0 Å². The van der Waals surface area contributed by atoms with Gasteiger partial charge in [-0.3, -0.25) is 9.97 Å². The Kier molecular flexibility index (Phi) is 9.51. The molecule has 4 aromatic carbocycles. The molecule has 0 saturated heterocycles. The molecule has 1 aliphatic carbocycles. The Morgan fingerprint density at radius 3 is 1.73 bits per heavy atom. The topological polar surface area (TPSA) is 51.6 Å². The number of hydrogen-bond donors (Lipinski definition) is 0. The van der Waals surface area contributed by atoms with Gasteiger partial charge in [0.15, 0.2) is 0 Å². The molecule has 0 aliphatic heterocycles. The minimum absolute atomic E-state index is 0. The van der Waals surface area contributed by atoms with Gasteiger partial charge in [-0.25, -0.2) is 0 Å². The Balaban J connectivity index is 0.000000153. The van der Waals surface area contributed by atoms with Gasteiger partial charge in [-0.2, -0.15) is 0 Å². The molecule has 0 unspecified atom stereocenters. The van der Waals surface area contributed by atoms with E-state index >= 15 is 0 Å². The summed E-state index contributed by atoms with van der Waals surface area (Å²) in [5, 5.41) is 0. The summed E-state index contributed by atoms with van der Waals surface area (Å²) in [5.74, 6) is 0.497. The van der Waals surface area contributed by atoms with Crippen LogP contribution in [-0.4, -0.2) is 19.9 Å². The molecule has 1 aliphatic rings. The Morgan fingerprint density at radius 2 is 1.18 bits per heavy atom. The van der Waals surface area contributed by atoms with Crippen molar-refractivity contribution in [3.05, 3.63) is 181 Å². The molecule has 218 valence electrons. The SMILES string of the molecule is [2H]C([2H])([2H])c1cnc(-c2[c-]cc3c(c2)Cc2ccccc2-3)nc1.[Ir+3].[c-]1ccccc1-c1ccccn1.[c-]1ccccc1-c1ccccn1. The molecule has 0 saturated carbocycles. The summed E-state index contributed by atoms with van der Waals surface area (Å²) in [6, 6.07) is 49.2. The molecule has 0 spiro atoms. The molecule has 4 nitrogen and oxygen atoms in total. The third-order valence-corrected chi connectivity index (χ3v) is 6.92. The number of aryl methyl sites for hydroxylation is 1. The van der Waals surface area contributed by atoms with E-state index in [1.807, 2.05) is 109 Å². The van der Waals surface area contributed by atoms with E-state index < -0.39 is 6.85 Å². The van der Waals surface area contributed by atoms with Gasteiger partial charge in [0.25, 0.3) is 0 Å². The van der Waals surface area contributed by atoms with Crippen LogP contribution in [0.2, 0.25) is 0 Å². The zero-order valence-electron chi connectivity index (χ0n) is 27.2. The Bertz CT molecular complexity index is 1870. The molecule has 0 atom stereocenters. The maximum Gasteiger partial charge on any atom is 3.00 e. The number of aromatic nitrogens is 4. The predicted molar refractivity (Wildman–Crippen MR) is 176 cm³/mol. The second-order valence-electron chi connectivity index (χ2n) is 9.90. The van der Waals surface area contributed by atoms with Gasteiger partial charge in [0.1, 0.15) is 0 Å². The molecule has 0 bridgehead atoms. The van der Waals surface area contributed by atoms with E-state index in [9.17, 15) is 0 Å². The first-order chi connectivity index (χ1) is 23.0. The molecular weight excluding hydrogens is 729 g/mol. The molecule has 0 N–H and O–H groups in total. The fourth-order valence-electron chi connectivity index (χ4n) is 4.82. The van der Waals surface area contributed by atoms with Crippen molar-refractivity contribution in [1.82, 2.24) is 19.9 Å². The first-order valence-electron chi connectivity index (χ1n) is 15.7. The van der Waals surface area contributed by atoms with Crippen molar-refractivity contribution in [3.63, 3.8) is 0 Å². The van der Waals surface area contributed by atoms with Crippen LogP contribution in [-0.2, 0) is 26.5 Å². The van der Waals surface area contributed by atoms with Gasteiger partial charge in [0.2, 0.25) is 0 Å². The van der Waals surface area contributed by atoms with Crippen molar-refractivity contribution in [2.24, 2.45) is 0 Å². The number of pyridine rings is 2. The second-order valence-corrected chi connectivity index (χ2v) is 9.90. The predicted octanol–water partition coefficient (Wildman–Crippen LogP) is 8.92. The van der Waals surface area contributed by atoms with Crippen LogP contribution in [0.1, 0.15) is 20.8 Å². The number of hydrogen-bond acceptors (Lipinski definition) is 4. The Morgan fingerprint density at radius 1 is 0.578 bits per heavy atom. The average molecular weight is 761 g/mol. The summed E-state index contributed by atoms with van der Waals surface area (Å²) in [7, 11) is 0. The van der Waals surface area contributed by atoms with E-state index in [1.165, 1.54) is 34.6 Å². The zero-order valence-corrected chi connectivity index (χ0v) is 26.6. The Labute approximate surface area is 282 Å². The van der Waals surface area contributed by atoms with Crippen LogP contribution in [0.4, 0.5) is 0 Å². The van der Waals surface area contributed by atoms with Crippen LogP contribution in [0.5, 0.6) is 0 Å². The largest absolute Gasteiger partial charge is 3.00 e. The van der Waals surface area contributed by atoms with Gasteiger partial charge >= 0.3 is 20.1 Å². The smallest absolute Gasteiger partial charge is 0.305 e. The van der Waals surface area contributed by atoms with Crippen LogP contribution in [0.3, 0.4) is 0 Å². The molecule has 3 aromatic heterocycles. The van der Waals surface area contributed by atoms with Crippen molar-refractivity contribution in [2.45, 2.75) is 13.3 Å². The maximum atomic E-state index is 7.37. The minimum Gasteiger partial charge on any atom is -0.305 e. The first-order valence-corrected chi connectivity index (χ1v) is 14.2. The second kappa shape index (κ2) is 15.6. The van der Waals surface area contributed by atoms with Crippen LogP contribution in [0.15, 0.2) is 146 Å². The quantitative estimate of drug-likeness (QED) is 0.169. The van der Waals surface area contributed by atoms with Crippen molar-refractivity contribution >= 4 is 0 Å². The summed E-state index contributed by atoms with van der Waals surface area (Å²) in [5.41, 5.74) is 9.94. The minimum atomic E-state index is -2.18. The van der Waals surface area contributed by atoms with Crippen molar-refractivity contribution < 1.29 is 24.2 Å². The van der Waals surface area contributed by atoms with E-state index in [-0.39, 0.29) is 25.7 Å².